The molecule has 0 aliphatic rings. The van der Waals surface area contributed by atoms with Crippen LogP contribution >= 0.6 is 0 Å². The highest BCUT2D eigenvalue weighted by atomic mass is 17.2. The lowest BCUT2D eigenvalue weighted by atomic mass is 10.1. The van der Waals surface area contributed by atoms with Crippen molar-refractivity contribution in [3.63, 3.8) is 0 Å². The topological polar surface area (TPSA) is 130 Å². The first-order valence-electron chi connectivity index (χ1n) is 12.0. The molecule has 0 saturated heterocycles. The number of imidazole rings is 1. The highest BCUT2D eigenvalue weighted by Crippen LogP contribution is 2.11. The van der Waals surface area contributed by atoms with Crippen LogP contribution < -0.4 is 16.6 Å². The van der Waals surface area contributed by atoms with E-state index in [0.29, 0.717) is 24.1 Å². The summed E-state index contributed by atoms with van der Waals surface area (Å²) in [6, 6.07) is -0.491. The maximum atomic E-state index is 12.7. The molecule has 2 unspecified atom stereocenters. The van der Waals surface area contributed by atoms with Gasteiger partial charge in [0.05, 0.1) is 25.6 Å². The smallest absolute Gasteiger partial charge is 0.332 e. The Bertz CT molecular complexity index is 1030. The van der Waals surface area contributed by atoms with Gasteiger partial charge in [0, 0.05) is 27.1 Å². The van der Waals surface area contributed by atoms with Crippen molar-refractivity contribution < 1.29 is 19.7 Å². The molecule has 0 fully saturated rings. The lowest BCUT2D eigenvalue weighted by Gasteiger charge is -2.20. The first-order valence-corrected chi connectivity index (χ1v) is 12.0. The lowest BCUT2D eigenvalue weighted by molar-refractivity contribution is -0.278. The van der Waals surface area contributed by atoms with Gasteiger partial charge in [-0.1, -0.05) is 38.5 Å². The van der Waals surface area contributed by atoms with Crippen molar-refractivity contribution in [2.75, 3.05) is 13.7 Å². The Morgan fingerprint density at radius 2 is 1.71 bits per heavy atom. The number of amides is 1. The van der Waals surface area contributed by atoms with E-state index in [0.717, 1.165) is 51.4 Å². The first kappa shape index (κ1) is 27.7. The third-order valence-corrected chi connectivity index (χ3v) is 6.03. The number of nitrogens with one attached hydrogen (secondary N) is 1. The predicted octanol–water partition coefficient (Wildman–Crippen LogP) is 1.39. The van der Waals surface area contributed by atoms with E-state index in [2.05, 4.69) is 15.2 Å². The summed E-state index contributed by atoms with van der Waals surface area (Å²) in [5.41, 5.74) is 0.244. The normalized spacial score (nSPS) is 13.3. The first-order chi connectivity index (χ1) is 16.3. The number of aryl methyl sites for hydroxylation is 2. The summed E-state index contributed by atoms with van der Waals surface area (Å²) in [7, 11) is 4.77. The fourth-order valence-corrected chi connectivity index (χ4v) is 3.93. The zero-order valence-electron chi connectivity index (χ0n) is 20.8. The number of carbonyl (C=O) groups excluding carboxylic acids is 1. The fourth-order valence-electron chi connectivity index (χ4n) is 3.93. The maximum absolute atomic E-state index is 12.7. The number of aromatic nitrogens is 4. The summed E-state index contributed by atoms with van der Waals surface area (Å²) in [6.45, 7) is 2.10. The number of hydrogen-bond acceptors (Lipinski definition) is 7. The van der Waals surface area contributed by atoms with Gasteiger partial charge in [-0.15, -0.1) is 0 Å². The van der Waals surface area contributed by atoms with E-state index >= 15 is 0 Å². The zero-order valence-corrected chi connectivity index (χ0v) is 20.8. The van der Waals surface area contributed by atoms with Crippen molar-refractivity contribution in [1.29, 1.82) is 0 Å². The highest BCUT2D eigenvalue weighted by Gasteiger charge is 2.18. The Hall–Kier alpha value is -2.50. The average molecular weight is 482 g/mol. The zero-order chi connectivity index (χ0) is 25.1. The summed E-state index contributed by atoms with van der Waals surface area (Å²) in [5.74, 6) is -0.101. The maximum Gasteiger partial charge on any atom is 0.332 e. The van der Waals surface area contributed by atoms with Gasteiger partial charge in [-0.25, -0.2) is 19.6 Å². The molecule has 2 aromatic rings. The molecule has 2 rings (SSSR count). The molecule has 0 aliphatic heterocycles. The number of unbranched alkanes of at least 4 members (excludes halogenated alkanes) is 7. The quantitative estimate of drug-likeness (QED) is 0.210. The SMILES string of the molecule is COOCC(NC(=O)CCCCCCCCCCn1c(=O)c2c(ncn2C)n(C)c1=O)C(C)O. The van der Waals surface area contributed by atoms with Gasteiger partial charge in [0.1, 0.15) is 6.61 Å². The molecule has 11 heteroatoms. The predicted molar refractivity (Wildman–Crippen MR) is 128 cm³/mol. The lowest BCUT2D eigenvalue weighted by Crippen LogP contribution is -2.45. The Kier molecular flexibility index (Phi) is 11.4. The van der Waals surface area contributed by atoms with E-state index in [9.17, 15) is 19.5 Å². The molecule has 0 aromatic carbocycles. The van der Waals surface area contributed by atoms with Crippen LogP contribution in [0.15, 0.2) is 15.9 Å². The molecule has 0 spiro atoms. The van der Waals surface area contributed by atoms with Crippen LogP contribution in [0.4, 0.5) is 0 Å². The molecule has 0 aliphatic carbocycles. The van der Waals surface area contributed by atoms with Gasteiger partial charge in [0.15, 0.2) is 11.2 Å². The Labute approximate surface area is 199 Å². The van der Waals surface area contributed by atoms with E-state index < -0.39 is 12.1 Å². The van der Waals surface area contributed by atoms with E-state index in [1.807, 2.05) is 0 Å². The molecule has 0 saturated carbocycles. The molecule has 0 radical (unpaired) electrons. The Morgan fingerprint density at radius 3 is 2.32 bits per heavy atom. The largest absolute Gasteiger partial charge is 0.391 e. The van der Waals surface area contributed by atoms with Crippen LogP contribution in [0.5, 0.6) is 0 Å². The molecule has 1 amide bonds. The van der Waals surface area contributed by atoms with Crippen LogP contribution in [0.25, 0.3) is 11.2 Å². The molecule has 192 valence electrons. The fraction of sp³-hybridized carbons (Fsp3) is 0.739. The van der Waals surface area contributed by atoms with Crippen LogP contribution in [0, 0.1) is 0 Å². The molecule has 2 aromatic heterocycles. The van der Waals surface area contributed by atoms with E-state index in [-0.39, 0.29) is 23.8 Å². The number of nitrogens with zero attached hydrogens (tertiary/aromatic N) is 4. The molecule has 0 bridgehead atoms. The number of hydrogen-bond donors (Lipinski definition) is 2. The van der Waals surface area contributed by atoms with Gasteiger partial charge in [0.2, 0.25) is 5.91 Å². The molecular weight excluding hydrogens is 442 g/mol. The van der Waals surface area contributed by atoms with Crippen molar-refractivity contribution in [1.82, 2.24) is 24.0 Å². The Balaban J connectivity index is 1.59. The third kappa shape index (κ3) is 7.78. The van der Waals surface area contributed by atoms with Crippen LogP contribution in [0.2, 0.25) is 0 Å². The van der Waals surface area contributed by atoms with Crippen molar-refractivity contribution in [3.05, 3.63) is 27.2 Å². The Morgan fingerprint density at radius 1 is 1.09 bits per heavy atom. The molecular formula is C23H39N5O6. The number of rotatable bonds is 16. The number of aliphatic hydroxyl groups is 1. The minimum absolute atomic E-state index is 0.0983. The third-order valence-electron chi connectivity index (χ3n) is 6.03. The standard InChI is InChI=1S/C23H39N5O6/c1-17(29)18(15-34-33-4)25-19(30)13-11-9-7-5-6-8-10-12-14-28-22(31)20-21(24-16-26(20)2)27(3)23(28)32/h16-18,29H,5-15H2,1-4H3,(H,25,30). The van der Waals surface area contributed by atoms with Gasteiger partial charge in [0.25, 0.3) is 5.56 Å². The van der Waals surface area contributed by atoms with Crippen molar-refractivity contribution in [2.24, 2.45) is 14.1 Å². The number of aliphatic hydroxyl groups excluding tert-OH is 1. The molecule has 2 heterocycles. The highest BCUT2D eigenvalue weighted by molar-refractivity contribution is 5.76. The van der Waals surface area contributed by atoms with Crippen molar-refractivity contribution in [3.8, 4) is 0 Å². The summed E-state index contributed by atoms with van der Waals surface area (Å²) in [4.78, 5) is 50.7. The second-order valence-corrected chi connectivity index (χ2v) is 8.77. The number of fused-ring (bicyclic) bond motifs is 1. The van der Waals surface area contributed by atoms with Gasteiger partial charge in [-0.2, -0.15) is 0 Å². The van der Waals surface area contributed by atoms with Gasteiger partial charge >= 0.3 is 5.69 Å². The van der Waals surface area contributed by atoms with Gasteiger partial charge < -0.3 is 15.0 Å². The van der Waals surface area contributed by atoms with Crippen LogP contribution in [-0.2, 0) is 35.2 Å². The second kappa shape index (κ2) is 14.0. The van der Waals surface area contributed by atoms with Crippen LogP contribution in [0.3, 0.4) is 0 Å². The van der Waals surface area contributed by atoms with Crippen molar-refractivity contribution in [2.45, 2.75) is 83.4 Å². The van der Waals surface area contributed by atoms with Gasteiger partial charge in [-0.05, 0) is 19.8 Å². The minimum Gasteiger partial charge on any atom is -0.391 e. The summed E-state index contributed by atoms with van der Waals surface area (Å²) < 4.78 is 4.38. The monoisotopic (exact) mass is 481 g/mol. The molecule has 11 nitrogen and oxygen atoms in total. The molecule has 2 N–H and O–H groups in total. The van der Waals surface area contributed by atoms with Crippen molar-refractivity contribution >= 4 is 17.1 Å². The average Bonchev–Trinajstić information content (AvgIpc) is 3.19. The summed E-state index contributed by atoms with van der Waals surface area (Å²) in [5, 5.41) is 12.4. The van der Waals surface area contributed by atoms with E-state index in [1.165, 1.54) is 16.2 Å². The molecule has 34 heavy (non-hydrogen) atoms. The van der Waals surface area contributed by atoms with Crippen LogP contribution in [0.1, 0.15) is 64.7 Å². The minimum atomic E-state index is -0.723. The number of carbonyl (C=O) groups is 1. The van der Waals surface area contributed by atoms with Crippen LogP contribution in [-0.4, -0.2) is 55.6 Å². The van der Waals surface area contributed by atoms with E-state index in [1.54, 1.807) is 31.9 Å². The molecule has 2 atom stereocenters. The summed E-state index contributed by atoms with van der Waals surface area (Å²) >= 11 is 0. The van der Waals surface area contributed by atoms with E-state index in [4.69, 9.17) is 4.89 Å². The summed E-state index contributed by atoms with van der Waals surface area (Å²) in [6.07, 6.45) is 8.99. The second-order valence-electron chi connectivity index (χ2n) is 8.77. The van der Waals surface area contributed by atoms with Gasteiger partial charge in [-0.3, -0.25) is 18.7 Å².